The highest BCUT2D eigenvalue weighted by Crippen LogP contribution is 2.16. The van der Waals surface area contributed by atoms with Gasteiger partial charge in [0.15, 0.2) is 0 Å². The number of hydrogen-bond acceptors (Lipinski definition) is 6. The van der Waals surface area contributed by atoms with E-state index in [4.69, 9.17) is 0 Å². The van der Waals surface area contributed by atoms with E-state index >= 15 is 0 Å². The number of amides is 3. The first-order valence-electron chi connectivity index (χ1n) is 12.4. The molecule has 2 fully saturated rings. The third-order valence-corrected chi connectivity index (χ3v) is 7.51. The molecule has 35 heavy (non-hydrogen) atoms. The molecule has 2 aliphatic rings. The Bertz CT molecular complexity index is 996. The lowest BCUT2D eigenvalue weighted by Gasteiger charge is -2.37. The molecule has 3 heterocycles. The van der Waals surface area contributed by atoms with Crippen LogP contribution in [0.4, 0.5) is 5.69 Å². The van der Waals surface area contributed by atoms with Crippen LogP contribution in [0.1, 0.15) is 35.7 Å². The van der Waals surface area contributed by atoms with Crippen LogP contribution in [-0.2, 0) is 16.0 Å². The van der Waals surface area contributed by atoms with Crippen molar-refractivity contribution in [2.45, 2.75) is 32.2 Å². The summed E-state index contributed by atoms with van der Waals surface area (Å²) in [4.78, 5) is 43.8. The molecule has 0 radical (unpaired) electrons. The van der Waals surface area contributed by atoms with Gasteiger partial charge >= 0.3 is 0 Å². The van der Waals surface area contributed by atoms with Crippen molar-refractivity contribution in [2.24, 2.45) is 0 Å². The van der Waals surface area contributed by atoms with Gasteiger partial charge in [-0.05, 0) is 42.3 Å². The van der Waals surface area contributed by atoms with Crippen molar-refractivity contribution < 1.29 is 14.4 Å². The van der Waals surface area contributed by atoms with Crippen LogP contribution >= 0.6 is 11.3 Å². The Kier molecular flexibility index (Phi) is 8.90. The maximum absolute atomic E-state index is 12.8. The van der Waals surface area contributed by atoms with Gasteiger partial charge in [0.1, 0.15) is 0 Å². The van der Waals surface area contributed by atoms with E-state index in [-0.39, 0.29) is 23.8 Å². The summed E-state index contributed by atoms with van der Waals surface area (Å²) in [6.07, 6.45) is 2.58. The van der Waals surface area contributed by atoms with Crippen molar-refractivity contribution >= 4 is 34.7 Å². The quantitative estimate of drug-likeness (QED) is 0.585. The number of nitrogens with one attached hydrogen (secondary N) is 2. The second kappa shape index (κ2) is 12.3. The third-order valence-electron chi connectivity index (χ3n) is 6.83. The number of thiophene rings is 1. The second-order valence-corrected chi connectivity index (χ2v) is 10.0. The van der Waals surface area contributed by atoms with Crippen molar-refractivity contribution in [3.63, 3.8) is 0 Å². The average molecular weight is 498 g/mol. The average Bonchev–Trinajstić information content (AvgIpc) is 3.41. The molecule has 2 saturated heterocycles. The molecule has 0 unspecified atom stereocenters. The molecule has 3 amide bonds. The molecule has 4 rings (SSSR count). The summed E-state index contributed by atoms with van der Waals surface area (Å²) in [6, 6.07) is 9.88. The van der Waals surface area contributed by atoms with E-state index in [1.165, 1.54) is 11.3 Å². The van der Waals surface area contributed by atoms with Crippen LogP contribution < -0.4 is 10.6 Å². The Labute approximate surface area is 211 Å². The maximum Gasteiger partial charge on any atom is 0.252 e. The molecule has 2 N–H and O–H groups in total. The lowest BCUT2D eigenvalue weighted by molar-refractivity contribution is -0.134. The highest BCUT2D eigenvalue weighted by atomic mass is 32.1. The molecule has 2 aromatic rings. The van der Waals surface area contributed by atoms with Gasteiger partial charge in [-0.25, -0.2) is 0 Å². The summed E-state index contributed by atoms with van der Waals surface area (Å²) in [5.41, 5.74) is 2.73. The van der Waals surface area contributed by atoms with E-state index in [1.807, 2.05) is 46.0 Å². The molecule has 1 aromatic heterocycles. The number of likely N-dealkylation sites (tertiary alicyclic amines) is 1. The summed E-state index contributed by atoms with van der Waals surface area (Å²) in [5, 5.41) is 9.90. The van der Waals surface area contributed by atoms with E-state index < -0.39 is 0 Å². The molecule has 9 heteroatoms. The number of anilines is 1. The zero-order valence-corrected chi connectivity index (χ0v) is 21.2. The van der Waals surface area contributed by atoms with E-state index in [0.717, 1.165) is 49.2 Å². The van der Waals surface area contributed by atoms with Gasteiger partial charge in [-0.2, -0.15) is 11.3 Å². The molecule has 0 spiro atoms. The normalized spacial score (nSPS) is 17.8. The molecular formula is C26H35N5O3S. The molecule has 0 saturated carbocycles. The van der Waals surface area contributed by atoms with Gasteiger partial charge in [-0.3, -0.25) is 24.2 Å². The van der Waals surface area contributed by atoms with Crippen molar-refractivity contribution in [3.8, 4) is 0 Å². The van der Waals surface area contributed by atoms with Crippen LogP contribution in [0.5, 0.6) is 0 Å². The van der Waals surface area contributed by atoms with Crippen LogP contribution in [-0.4, -0.2) is 90.8 Å². The Morgan fingerprint density at radius 1 is 0.943 bits per heavy atom. The van der Waals surface area contributed by atoms with Crippen LogP contribution in [0.2, 0.25) is 0 Å². The lowest BCUT2D eigenvalue weighted by Crippen LogP contribution is -2.53. The number of carbonyl (C=O) groups is 3. The Morgan fingerprint density at radius 2 is 1.66 bits per heavy atom. The van der Waals surface area contributed by atoms with Gasteiger partial charge in [-0.15, -0.1) is 0 Å². The van der Waals surface area contributed by atoms with Crippen LogP contribution in [0.25, 0.3) is 0 Å². The van der Waals surface area contributed by atoms with Crippen LogP contribution in [0, 0.1) is 0 Å². The SMILES string of the molecule is CCc1ccccc1NC(=O)CN1CCN(C(=O)CN2CCC(NC(=O)c3ccsc3)CC2)CC1. The smallest absolute Gasteiger partial charge is 0.252 e. The summed E-state index contributed by atoms with van der Waals surface area (Å²) in [7, 11) is 0. The number of rotatable bonds is 8. The minimum atomic E-state index is -0.0142. The predicted molar refractivity (Wildman–Crippen MR) is 139 cm³/mol. The predicted octanol–water partition coefficient (Wildman–Crippen LogP) is 2.29. The van der Waals surface area contributed by atoms with E-state index in [1.54, 1.807) is 0 Å². The fourth-order valence-electron chi connectivity index (χ4n) is 4.69. The summed E-state index contributed by atoms with van der Waals surface area (Å²) in [6.45, 7) is 7.13. The molecule has 2 aliphatic heterocycles. The summed E-state index contributed by atoms with van der Waals surface area (Å²) < 4.78 is 0. The van der Waals surface area contributed by atoms with Crippen molar-refractivity contribution in [2.75, 3.05) is 57.7 Å². The van der Waals surface area contributed by atoms with Gasteiger partial charge in [0, 0.05) is 61.9 Å². The molecule has 1 aromatic carbocycles. The Morgan fingerprint density at radius 3 is 2.34 bits per heavy atom. The number of nitrogens with zero attached hydrogens (tertiary/aromatic N) is 3. The molecule has 0 atom stereocenters. The highest BCUT2D eigenvalue weighted by molar-refractivity contribution is 7.08. The minimum absolute atomic E-state index is 0.0121. The van der Waals surface area contributed by atoms with E-state index in [9.17, 15) is 14.4 Å². The van der Waals surface area contributed by atoms with Crippen LogP contribution in [0.15, 0.2) is 41.1 Å². The van der Waals surface area contributed by atoms with E-state index in [2.05, 4.69) is 27.4 Å². The first-order chi connectivity index (χ1) is 17.0. The third kappa shape index (κ3) is 7.13. The van der Waals surface area contributed by atoms with Gasteiger partial charge in [0.05, 0.1) is 13.1 Å². The number of carbonyl (C=O) groups excluding carboxylic acids is 3. The molecule has 0 aliphatic carbocycles. The molecular weight excluding hydrogens is 462 g/mol. The summed E-state index contributed by atoms with van der Waals surface area (Å²) in [5.74, 6) is 0.119. The second-order valence-electron chi connectivity index (χ2n) is 9.25. The molecule has 8 nitrogen and oxygen atoms in total. The number of piperazine rings is 1. The fraction of sp³-hybridized carbons (Fsp3) is 0.500. The van der Waals surface area contributed by atoms with Crippen LogP contribution in [0.3, 0.4) is 0 Å². The number of para-hydroxylation sites is 1. The van der Waals surface area contributed by atoms with Crippen molar-refractivity contribution in [1.29, 1.82) is 0 Å². The van der Waals surface area contributed by atoms with Crippen molar-refractivity contribution in [3.05, 3.63) is 52.2 Å². The van der Waals surface area contributed by atoms with Gasteiger partial charge in [-0.1, -0.05) is 25.1 Å². The van der Waals surface area contributed by atoms with Gasteiger partial charge < -0.3 is 15.5 Å². The Balaban J connectivity index is 1.14. The molecule has 188 valence electrons. The van der Waals surface area contributed by atoms with Gasteiger partial charge in [0.25, 0.3) is 5.91 Å². The zero-order chi connectivity index (χ0) is 24.6. The van der Waals surface area contributed by atoms with Gasteiger partial charge in [0.2, 0.25) is 11.8 Å². The number of benzene rings is 1. The van der Waals surface area contributed by atoms with E-state index in [0.29, 0.717) is 39.3 Å². The number of hydrogen-bond donors (Lipinski definition) is 2. The summed E-state index contributed by atoms with van der Waals surface area (Å²) >= 11 is 1.52. The highest BCUT2D eigenvalue weighted by Gasteiger charge is 2.26. The lowest BCUT2D eigenvalue weighted by atomic mass is 10.0. The Hall–Kier alpha value is -2.75. The molecule has 0 bridgehead atoms. The number of piperidine rings is 1. The first kappa shape index (κ1) is 25.3. The first-order valence-corrected chi connectivity index (χ1v) is 13.4. The standard InChI is InChI=1S/C26H35N5O3S/c1-2-20-5-3-4-6-23(20)28-24(32)17-30-12-14-31(15-13-30)25(33)18-29-10-7-22(8-11-29)27-26(34)21-9-16-35-19-21/h3-6,9,16,19,22H,2,7-8,10-15,17-18H2,1H3,(H,27,34)(H,28,32). The zero-order valence-electron chi connectivity index (χ0n) is 20.4. The minimum Gasteiger partial charge on any atom is -0.349 e. The number of aryl methyl sites for hydroxylation is 1. The monoisotopic (exact) mass is 497 g/mol. The van der Waals surface area contributed by atoms with Crippen molar-refractivity contribution in [1.82, 2.24) is 20.0 Å². The fourth-order valence-corrected chi connectivity index (χ4v) is 5.32. The maximum atomic E-state index is 12.8. The topological polar surface area (TPSA) is 85.0 Å². The largest absolute Gasteiger partial charge is 0.349 e.